The molecular formula is C17H15N5O2S2. The zero-order valence-corrected chi connectivity index (χ0v) is 15.6. The highest BCUT2D eigenvalue weighted by atomic mass is 32.2. The van der Waals surface area contributed by atoms with Gasteiger partial charge in [0.25, 0.3) is 5.89 Å². The molecule has 9 heteroatoms. The van der Waals surface area contributed by atoms with Crippen molar-refractivity contribution in [1.82, 2.24) is 24.9 Å². The zero-order valence-electron chi connectivity index (χ0n) is 14.0. The van der Waals surface area contributed by atoms with Crippen LogP contribution in [0.2, 0.25) is 0 Å². The van der Waals surface area contributed by atoms with Crippen molar-refractivity contribution in [2.45, 2.75) is 24.4 Å². The second kappa shape index (κ2) is 7.30. The first-order valence-corrected chi connectivity index (χ1v) is 9.75. The maximum atomic E-state index is 5.38. The first-order chi connectivity index (χ1) is 12.8. The minimum Gasteiger partial charge on any atom is -0.469 e. The van der Waals surface area contributed by atoms with Crippen LogP contribution in [0.5, 0.6) is 0 Å². The Hall–Kier alpha value is -2.65. The summed E-state index contributed by atoms with van der Waals surface area (Å²) >= 11 is 3.10. The molecule has 0 aliphatic rings. The van der Waals surface area contributed by atoms with Gasteiger partial charge in [0.15, 0.2) is 16.8 Å². The molecule has 0 unspecified atom stereocenters. The van der Waals surface area contributed by atoms with Crippen molar-refractivity contribution in [3.05, 3.63) is 53.4 Å². The van der Waals surface area contributed by atoms with E-state index in [2.05, 4.69) is 26.9 Å². The average Bonchev–Trinajstić information content (AvgIpc) is 3.41. The number of aromatic nitrogens is 5. The fourth-order valence-electron chi connectivity index (χ4n) is 2.45. The molecule has 4 aromatic rings. The summed E-state index contributed by atoms with van der Waals surface area (Å²) < 4.78 is 12.7. The van der Waals surface area contributed by atoms with Gasteiger partial charge in [-0.3, -0.25) is 4.57 Å². The van der Waals surface area contributed by atoms with E-state index in [1.165, 1.54) is 11.8 Å². The fraction of sp³-hybridized carbons (Fsp3) is 0.176. The summed E-state index contributed by atoms with van der Waals surface area (Å²) in [5.41, 5.74) is 1.86. The van der Waals surface area contributed by atoms with E-state index >= 15 is 0 Å². The van der Waals surface area contributed by atoms with Crippen LogP contribution in [-0.4, -0.2) is 24.9 Å². The third-order valence-electron chi connectivity index (χ3n) is 3.69. The van der Waals surface area contributed by atoms with Gasteiger partial charge in [-0.25, -0.2) is 0 Å². The fourth-order valence-corrected chi connectivity index (χ4v) is 3.87. The van der Waals surface area contributed by atoms with Gasteiger partial charge in [0.05, 0.1) is 23.1 Å². The lowest BCUT2D eigenvalue weighted by atomic mass is 10.2. The average molecular weight is 385 g/mol. The van der Waals surface area contributed by atoms with Crippen LogP contribution >= 0.6 is 23.1 Å². The van der Waals surface area contributed by atoms with Crippen molar-refractivity contribution in [1.29, 1.82) is 0 Å². The summed E-state index contributed by atoms with van der Waals surface area (Å²) in [6.07, 6.45) is 3.46. The Labute approximate surface area is 157 Å². The molecule has 0 spiro atoms. The second-order valence-electron chi connectivity index (χ2n) is 5.41. The van der Waals surface area contributed by atoms with Gasteiger partial charge < -0.3 is 8.94 Å². The van der Waals surface area contributed by atoms with Crippen molar-refractivity contribution in [2.24, 2.45) is 0 Å². The third kappa shape index (κ3) is 3.23. The highest BCUT2D eigenvalue weighted by Gasteiger charge is 2.18. The molecule has 4 rings (SSSR count). The van der Waals surface area contributed by atoms with Crippen molar-refractivity contribution >= 4 is 23.1 Å². The molecule has 0 radical (unpaired) electrons. The number of thiophene rings is 1. The molecule has 0 N–H and O–H groups in total. The molecule has 132 valence electrons. The number of hydrogen-bond donors (Lipinski definition) is 0. The van der Waals surface area contributed by atoms with E-state index in [0.29, 0.717) is 24.0 Å². The molecule has 0 atom stereocenters. The number of allylic oxidation sites excluding steroid dienone is 1. The summed E-state index contributed by atoms with van der Waals surface area (Å²) in [7, 11) is 0. The molecule has 26 heavy (non-hydrogen) atoms. The largest absolute Gasteiger partial charge is 0.469 e. The molecule has 0 aromatic carbocycles. The van der Waals surface area contributed by atoms with Crippen LogP contribution in [0.15, 0.2) is 55.9 Å². The summed E-state index contributed by atoms with van der Waals surface area (Å²) in [5, 5.41) is 17.4. The highest BCUT2D eigenvalue weighted by Crippen LogP contribution is 2.29. The van der Waals surface area contributed by atoms with Crippen LogP contribution in [-0.2, 0) is 12.3 Å². The van der Waals surface area contributed by atoms with E-state index in [1.807, 2.05) is 40.5 Å². The molecule has 4 heterocycles. The molecule has 0 saturated carbocycles. The van der Waals surface area contributed by atoms with Crippen LogP contribution in [0.3, 0.4) is 0 Å². The molecule has 7 nitrogen and oxygen atoms in total. The molecule has 0 saturated heterocycles. The lowest BCUT2D eigenvalue weighted by Gasteiger charge is -2.06. The quantitative estimate of drug-likeness (QED) is 0.343. The van der Waals surface area contributed by atoms with Gasteiger partial charge in [-0.2, -0.15) is 16.3 Å². The Kier molecular flexibility index (Phi) is 4.72. The second-order valence-corrected chi connectivity index (χ2v) is 7.13. The molecule has 0 aliphatic heterocycles. The molecular weight excluding hydrogens is 370 g/mol. The Balaban J connectivity index is 1.54. The van der Waals surface area contributed by atoms with Crippen molar-refractivity contribution in [3.8, 4) is 22.8 Å². The van der Waals surface area contributed by atoms with Gasteiger partial charge in [0, 0.05) is 11.9 Å². The molecule has 4 aromatic heterocycles. The van der Waals surface area contributed by atoms with Gasteiger partial charge in [-0.1, -0.05) is 23.0 Å². The Morgan fingerprint density at radius 1 is 1.35 bits per heavy atom. The van der Waals surface area contributed by atoms with Crippen LogP contribution in [0.25, 0.3) is 22.8 Å². The van der Waals surface area contributed by atoms with Crippen molar-refractivity contribution in [3.63, 3.8) is 0 Å². The highest BCUT2D eigenvalue weighted by molar-refractivity contribution is 7.98. The summed E-state index contributed by atoms with van der Waals surface area (Å²) in [5.74, 6) is 3.24. The zero-order chi connectivity index (χ0) is 17.9. The van der Waals surface area contributed by atoms with E-state index in [0.717, 1.165) is 27.9 Å². The predicted molar refractivity (Wildman–Crippen MR) is 99.8 cm³/mol. The van der Waals surface area contributed by atoms with Crippen LogP contribution in [0.1, 0.15) is 11.6 Å². The lowest BCUT2D eigenvalue weighted by molar-refractivity contribution is 0.425. The number of aryl methyl sites for hydroxylation is 1. The maximum absolute atomic E-state index is 5.38. The molecule has 0 aliphatic carbocycles. The predicted octanol–water partition coefficient (Wildman–Crippen LogP) is 4.44. The standard InChI is InChI=1S/C17H15N5O2S2/c1-3-6-22-15(13-4-7-23-11(13)2)19-20-17(22)26-10-14-18-16(24-21-14)12-5-8-25-9-12/h3-5,7-9H,1,6,10H2,2H3. The molecule has 0 fully saturated rings. The van der Waals surface area contributed by atoms with E-state index in [4.69, 9.17) is 8.94 Å². The van der Waals surface area contributed by atoms with Crippen molar-refractivity contribution in [2.75, 3.05) is 0 Å². The summed E-state index contributed by atoms with van der Waals surface area (Å²) in [6.45, 7) is 6.33. The summed E-state index contributed by atoms with van der Waals surface area (Å²) in [4.78, 5) is 4.43. The van der Waals surface area contributed by atoms with Gasteiger partial charge >= 0.3 is 0 Å². The van der Waals surface area contributed by atoms with Crippen LogP contribution in [0.4, 0.5) is 0 Å². The van der Waals surface area contributed by atoms with E-state index in [-0.39, 0.29) is 0 Å². The third-order valence-corrected chi connectivity index (χ3v) is 5.34. The number of thioether (sulfide) groups is 1. The smallest absolute Gasteiger partial charge is 0.258 e. The van der Waals surface area contributed by atoms with Gasteiger partial charge in [0.1, 0.15) is 5.76 Å². The molecule has 0 bridgehead atoms. The monoisotopic (exact) mass is 385 g/mol. The van der Waals surface area contributed by atoms with E-state index < -0.39 is 0 Å². The Bertz CT molecular complexity index is 1020. The number of furan rings is 1. The van der Waals surface area contributed by atoms with Crippen LogP contribution < -0.4 is 0 Å². The summed E-state index contributed by atoms with van der Waals surface area (Å²) in [6, 6.07) is 3.84. The van der Waals surface area contributed by atoms with E-state index in [9.17, 15) is 0 Å². The number of hydrogen-bond acceptors (Lipinski definition) is 8. The Morgan fingerprint density at radius 3 is 3.00 bits per heavy atom. The van der Waals surface area contributed by atoms with Gasteiger partial charge in [-0.15, -0.1) is 16.8 Å². The molecule has 0 amide bonds. The maximum Gasteiger partial charge on any atom is 0.258 e. The Morgan fingerprint density at radius 2 is 2.27 bits per heavy atom. The van der Waals surface area contributed by atoms with E-state index in [1.54, 1.807) is 17.6 Å². The first kappa shape index (κ1) is 16.8. The SMILES string of the molecule is C=CCn1c(SCc2noc(-c3ccsc3)n2)nnc1-c1ccoc1C. The van der Waals surface area contributed by atoms with Gasteiger partial charge in [-0.05, 0) is 24.4 Å². The van der Waals surface area contributed by atoms with Crippen molar-refractivity contribution < 1.29 is 8.94 Å². The number of rotatable bonds is 7. The minimum atomic E-state index is 0.532. The number of nitrogens with zero attached hydrogens (tertiary/aromatic N) is 5. The lowest BCUT2D eigenvalue weighted by Crippen LogP contribution is -2.01. The van der Waals surface area contributed by atoms with Crippen LogP contribution in [0, 0.1) is 6.92 Å². The topological polar surface area (TPSA) is 82.8 Å². The minimum absolute atomic E-state index is 0.532. The normalized spacial score (nSPS) is 11.1. The van der Waals surface area contributed by atoms with Gasteiger partial charge in [0.2, 0.25) is 0 Å². The first-order valence-electron chi connectivity index (χ1n) is 7.82.